The summed E-state index contributed by atoms with van der Waals surface area (Å²) in [5.74, 6) is -2.03. The second-order valence-electron chi connectivity index (χ2n) is 2.89. The van der Waals surface area contributed by atoms with Crippen molar-refractivity contribution in [3.63, 3.8) is 0 Å². The highest BCUT2D eigenvalue weighted by Gasteiger charge is 2.16. The highest BCUT2D eigenvalue weighted by molar-refractivity contribution is 5.91. The van der Waals surface area contributed by atoms with E-state index in [1.54, 1.807) is 6.92 Å². The molecule has 0 aliphatic carbocycles. The third kappa shape index (κ3) is 1.47. The fourth-order valence-electron chi connectivity index (χ4n) is 1.21. The van der Waals surface area contributed by atoms with Gasteiger partial charge in [-0.3, -0.25) is 0 Å². The van der Waals surface area contributed by atoms with Crippen molar-refractivity contribution >= 4 is 11.7 Å². The Morgan fingerprint density at radius 2 is 2.08 bits per heavy atom. The van der Waals surface area contributed by atoms with Crippen LogP contribution in [-0.2, 0) is 0 Å². The Morgan fingerprint density at radius 3 is 2.54 bits per heavy atom. The summed E-state index contributed by atoms with van der Waals surface area (Å²) in [4.78, 5) is 10.6. The third-order valence-corrected chi connectivity index (χ3v) is 2.00. The molecule has 4 heteroatoms. The number of carboxylic acids is 1. The van der Waals surface area contributed by atoms with Crippen molar-refractivity contribution in [1.82, 2.24) is 0 Å². The number of carboxylic acid groups (broad SMARTS) is 1. The highest BCUT2D eigenvalue weighted by atomic mass is 19.1. The van der Waals surface area contributed by atoms with E-state index in [1.165, 1.54) is 6.92 Å². The number of aryl methyl sites for hydroxylation is 1. The minimum absolute atomic E-state index is 0.282. The summed E-state index contributed by atoms with van der Waals surface area (Å²) < 4.78 is 13.1. The van der Waals surface area contributed by atoms with Gasteiger partial charge >= 0.3 is 5.97 Å². The number of halogens is 1. The molecule has 0 aromatic heterocycles. The number of hydrogen-bond donors (Lipinski definition) is 2. The molecule has 0 unspecified atom stereocenters. The first kappa shape index (κ1) is 9.51. The van der Waals surface area contributed by atoms with Crippen molar-refractivity contribution in [2.75, 3.05) is 5.73 Å². The Hall–Kier alpha value is -1.58. The van der Waals surface area contributed by atoms with Crippen LogP contribution >= 0.6 is 0 Å². The van der Waals surface area contributed by atoms with Crippen molar-refractivity contribution in [3.8, 4) is 0 Å². The molecule has 0 aliphatic heterocycles. The molecule has 0 heterocycles. The molecule has 13 heavy (non-hydrogen) atoms. The van der Waals surface area contributed by atoms with E-state index in [2.05, 4.69) is 0 Å². The number of anilines is 1. The Morgan fingerprint density at radius 1 is 1.54 bits per heavy atom. The lowest BCUT2D eigenvalue weighted by atomic mass is 10.0. The zero-order chi connectivity index (χ0) is 10.2. The van der Waals surface area contributed by atoms with Crippen LogP contribution in [0.15, 0.2) is 6.07 Å². The number of carbonyl (C=O) groups is 1. The first-order valence-corrected chi connectivity index (χ1v) is 3.73. The first-order valence-electron chi connectivity index (χ1n) is 3.73. The van der Waals surface area contributed by atoms with Crippen molar-refractivity contribution in [2.24, 2.45) is 0 Å². The standard InChI is InChI=1S/C9H10FNO2/c1-4-3-6(10)7(9(12)13)5(2)8(4)11/h3H,11H2,1-2H3,(H,12,13). The fourth-order valence-corrected chi connectivity index (χ4v) is 1.21. The SMILES string of the molecule is Cc1cc(F)c(C(=O)O)c(C)c1N. The molecule has 0 radical (unpaired) electrons. The lowest BCUT2D eigenvalue weighted by Gasteiger charge is -2.08. The summed E-state index contributed by atoms with van der Waals surface area (Å²) >= 11 is 0. The third-order valence-electron chi connectivity index (χ3n) is 2.00. The molecule has 0 saturated heterocycles. The maximum Gasteiger partial charge on any atom is 0.339 e. The van der Waals surface area contributed by atoms with Gasteiger partial charge in [-0.15, -0.1) is 0 Å². The van der Waals surface area contributed by atoms with Gasteiger partial charge in [-0.1, -0.05) is 0 Å². The molecule has 0 spiro atoms. The number of hydrogen-bond acceptors (Lipinski definition) is 2. The van der Waals surface area contributed by atoms with Gasteiger partial charge in [0, 0.05) is 5.69 Å². The molecule has 0 bridgehead atoms. The van der Waals surface area contributed by atoms with Crippen LogP contribution in [0.25, 0.3) is 0 Å². The summed E-state index contributed by atoms with van der Waals surface area (Å²) in [6, 6.07) is 1.13. The molecule has 1 aromatic carbocycles. The zero-order valence-corrected chi connectivity index (χ0v) is 7.39. The molecule has 70 valence electrons. The summed E-state index contributed by atoms with van der Waals surface area (Å²) in [7, 11) is 0. The van der Waals surface area contributed by atoms with Gasteiger partial charge in [0.25, 0.3) is 0 Å². The van der Waals surface area contributed by atoms with Crippen molar-refractivity contribution < 1.29 is 14.3 Å². The monoisotopic (exact) mass is 183 g/mol. The molecule has 1 rings (SSSR count). The van der Waals surface area contributed by atoms with Crippen LogP contribution in [-0.4, -0.2) is 11.1 Å². The second-order valence-corrected chi connectivity index (χ2v) is 2.89. The number of benzene rings is 1. The molecule has 3 N–H and O–H groups in total. The van der Waals surface area contributed by atoms with Crippen molar-refractivity contribution in [1.29, 1.82) is 0 Å². The van der Waals surface area contributed by atoms with Crippen LogP contribution in [0.5, 0.6) is 0 Å². The van der Waals surface area contributed by atoms with E-state index in [1.807, 2.05) is 0 Å². The predicted molar refractivity (Wildman–Crippen MR) is 47.2 cm³/mol. The lowest BCUT2D eigenvalue weighted by Crippen LogP contribution is -2.07. The minimum atomic E-state index is -1.29. The Bertz CT molecular complexity index is 374. The quantitative estimate of drug-likeness (QED) is 0.651. The van der Waals surface area contributed by atoms with E-state index < -0.39 is 11.8 Å². The molecular formula is C9H10FNO2. The maximum absolute atomic E-state index is 13.1. The molecule has 0 fully saturated rings. The molecule has 1 aromatic rings. The van der Waals surface area contributed by atoms with E-state index in [0.29, 0.717) is 11.3 Å². The molecule has 0 aliphatic rings. The van der Waals surface area contributed by atoms with E-state index in [4.69, 9.17) is 10.8 Å². The summed E-state index contributed by atoms with van der Waals surface area (Å²) in [5.41, 5.74) is 6.39. The Labute approximate surface area is 75.0 Å². The van der Waals surface area contributed by atoms with Gasteiger partial charge in [0.15, 0.2) is 0 Å². The van der Waals surface area contributed by atoms with Crippen LogP contribution in [0.4, 0.5) is 10.1 Å². The highest BCUT2D eigenvalue weighted by Crippen LogP contribution is 2.23. The van der Waals surface area contributed by atoms with Crippen LogP contribution in [0, 0.1) is 19.7 Å². The summed E-state index contributed by atoms with van der Waals surface area (Å²) in [6.45, 7) is 3.13. The first-order chi connectivity index (χ1) is 5.95. The van der Waals surface area contributed by atoms with Crippen LogP contribution < -0.4 is 5.73 Å². The molecule has 0 amide bonds. The van der Waals surface area contributed by atoms with Gasteiger partial charge in [0.1, 0.15) is 11.4 Å². The van der Waals surface area contributed by atoms with E-state index in [-0.39, 0.29) is 11.1 Å². The Balaban J connectivity index is 3.53. The topological polar surface area (TPSA) is 63.3 Å². The minimum Gasteiger partial charge on any atom is -0.478 e. The maximum atomic E-state index is 13.1. The number of nitrogen functional groups attached to an aromatic ring is 1. The Kier molecular flexibility index (Phi) is 2.23. The van der Waals surface area contributed by atoms with Gasteiger partial charge in [-0.25, -0.2) is 9.18 Å². The fraction of sp³-hybridized carbons (Fsp3) is 0.222. The second kappa shape index (κ2) is 3.05. The largest absolute Gasteiger partial charge is 0.478 e. The van der Waals surface area contributed by atoms with Crippen molar-refractivity contribution in [2.45, 2.75) is 13.8 Å². The van der Waals surface area contributed by atoms with Crippen LogP contribution in [0.3, 0.4) is 0 Å². The van der Waals surface area contributed by atoms with Gasteiger partial charge in [-0.2, -0.15) is 0 Å². The molecule has 0 atom stereocenters. The number of aromatic carboxylic acids is 1. The number of nitrogens with two attached hydrogens (primary N) is 1. The van der Waals surface area contributed by atoms with E-state index in [0.717, 1.165) is 6.07 Å². The van der Waals surface area contributed by atoms with Gasteiger partial charge in [0.05, 0.1) is 0 Å². The smallest absolute Gasteiger partial charge is 0.339 e. The summed E-state index contributed by atoms with van der Waals surface area (Å²) in [6.07, 6.45) is 0. The normalized spacial score (nSPS) is 10.1. The van der Waals surface area contributed by atoms with Crippen molar-refractivity contribution in [3.05, 3.63) is 28.6 Å². The van der Waals surface area contributed by atoms with Crippen LogP contribution in [0.1, 0.15) is 21.5 Å². The molecule has 3 nitrogen and oxygen atoms in total. The number of rotatable bonds is 1. The van der Waals surface area contributed by atoms with Gasteiger partial charge in [-0.05, 0) is 31.0 Å². The van der Waals surface area contributed by atoms with E-state index in [9.17, 15) is 9.18 Å². The average Bonchev–Trinajstić information content (AvgIpc) is 1.99. The predicted octanol–water partition coefficient (Wildman–Crippen LogP) is 1.72. The zero-order valence-electron chi connectivity index (χ0n) is 7.39. The van der Waals surface area contributed by atoms with E-state index >= 15 is 0 Å². The van der Waals surface area contributed by atoms with Gasteiger partial charge < -0.3 is 10.8 Å². The van der Waals surface area contributed by atoms with Gasteiger partial charge in [0.2, 0.25) is 0 Å². The average molecular weight is 183 g/mol. The molecule has 0 saturated carbocycles. The molecular weight excluding hydrogens is 173 g/mol. The van der Waals surface area contributed by atoms with Crippen LogP contribution in [0.2, 0.25) is 0 Å². The lowest BCUT2D eigenvalue weighted by molar-refractivity contribution is 0.0691. The summed E-state index contributed by atoms with van der Waals surface area (Å²) in [5, 5.41) is 8.67.